The first-order valence-corrected chi connectivity index (χ1v) is 9.42. The minimum Gasteiger partial charge on any atom is -0.508 e. The summed E-state index contributed by atoms with van der Waals surface area (Å²) in [6.07, 6.45) is 2.66. The van der Waals surface area contributed by atoms with Crippen LogP contribution in [0.25, 0.3) is 0 Å². The van der Waals surface area contributed by atoms with Gasteiger partial charge in [-0.15, -0.1) is 0 Å². The van der Waals surface area contributed by atoms with Crippen molar-refractivity contribution in [3.63, 3.8) is 0 Å². The van der Waals surface area contributed by atoms with Gasteiger partial charge in [0.05, 0.1) is 6.54 Å². The molecule has 8 heteroatoms. The average Bonchev–Trinajstić information content (AvgIpc) is 3.04. The number of hydrogen-bond acceptors (Lipinski definition) is 5. The van der Waals surface area contributed by atoms with Crippen molar-refractivity contribution in [2.75, 3.05) is 20.2 Å². The van der Waals surface area contributed by atoms with Gasteiger partial charge < -0.3 is 20.5 Å². The minimum atomic E-state index is 0.258. The molecule has 1 aromatic heterocycles. The maximum Gasteiger partial charge on any atom is 0.191 e. The van der Waals surface area contributed by atoms with E-state index in [0.717, 1.165) is 55.5 Å². The Kier molecular flexibility index (Phi) is 6.64. The summed E-state index contributed by atoms with van der Waals surface area (Å²) < 4.78 is 7.08. The number of nitrogens with zero attached hydrogens (tertiary/aromatic N) is 4. The van der Waals surface area contributed by atoms with E-state index in [2.05, 4.69) is 32.6 Å². The van der Waals surface area contributed by atoms with Crippen molar-refractivity contribution >= 4 is 5.96 Å². The van der Waals surface area contributed by atoms with E-state index in [0.29, 0.717) is 18.9 Å². The summed E-state index contributed by atoms with van der Waals surface area (Å²) in [5, 5.41) is 20.9. The molecule has 27 heavy (non-hydrogen) atoms. The SMILES string of the molecule is CCNC(=NCCc1cccc(O)c1)NC1CCc2nc(COC)nn2C1. The molecule has 1 unspecified atom stereocenters. The van der Waals surface area contributed by atoms with Gasteiger partial charge in [-0.3, -0.25) is 4.99 Å². The normalized spacial score (nSPS) is 16.8. The topological polar surface area (TPSA) is 96.6 Å². The van der Waals surface area contributed by atoms with Gasteiger partial charge in [-0.25, -0.2) is 9.67 Å². The lowest BCUT2D eigenvalue weighted by Crippen LogP contribution is -2.47. The zero-order valence-electron chi connectivity index (χ0n) is 16.0. The summed E-state index contributed by atoms with van der Waals surface area (Å²) in [4.78, 5) is 9.18. The first-order valence-electron chi connectivity index (χ1n) is 9.42. The summed E-state index contributed by atoms with van der Waals surface area (Å²) in [6.45, 7) is 4.72. The number of rotatable bonds is 7. The molecule has 146 valence electrons. The van der Waals surface area contributed by atoms with Gasteiger partial charge in [0.1, 0.15) is 18.2 Å². The number of aliphatic imine (C=N–C) groups is 1. The number of guanidine groups is 1. The zero-order chi connectivity index (χ0) is 19.1. The van der Waals surface area contributed by atoms with E-state index in [4.69, 9.17) is 4.74 Å². The Morgan fingerprint density at radius 3 is 3.11 bits per heavy atom. The minimum absolute atomic E-state index is 0.258. The smallest absolute Gasteiger partial charge is 0.191 e. The van der Waals surface area contributed by atoms with E-state index in [1.54, 1.807) is 19.2 Å². The summed E-state index contributed by atoms with van der Waals surface area (Å²) in [7, 11) is 1.65. The van der Waals surface area contributed by atoms with Crippen LogP contribution < -0.4 is 10.6 Å². The third-order valence-electron chi connectivity index (χ3n) is 4.44. The van der Waals surface area contributed by atoms with Crippen LogP contribution >= 0.6 is 0 Å². The lowest BCUT2D eigenvalue weighted by Gasteiger charge is -2.25. The van der Waals surface area contributed by atoms with Crippen LogP contribution in [0.1, 0.15) is 30.6 Å². The average molecular weight is 372 g/mol. The highest BCUT2D eigenvalue weighted by atomic mass is 16.5. The maximum absolute atomic E-state index is 9.56. The molecule has 0 saturated heterocycles. The first kappa shape index (κ1) is 19.2. The number of hydrogen-bond donors (Lipinski definition) is 3. The molecule has 1 aromatic carbocycles. The molecule has 1 aliphatic rings. The van der Waals surface area contributed by atoms with E-state index < -0.39 is 0 Å². The second kappa shape index (κ2) is 9.36. The number of phenols is 1. The van der Waals surface area contributed by atoms with Crippen LogP contribution in [0.5, 0.6) is 5.75 Å². The Morgan fingerprint density at radius 1 is 1.44 bits per heavy atom. The van der Waals surface area contributed by atoms with Gasteiger partial charge in [0.25, 0.3) is 0 Å². The van der Waals surface area contributed by atoms with E-state index in [1.807, 2.05) is 16.8 Å². The third kappa shape index (κ3) is 5.43. The van der Waals surface area contributed by atoms with Crippen LogP contribution in [0.3, 0.4) is 0 Å². The van der Waals surface area contributed by atoms with Gasteiger partial charge in [-0.05, 0) is 37.5 Å². The van der Waals surface area contributed by atoms with Gasteiger partial charge in [0, 0.05) is 32.7 Å². The highest BCUT2D eigenvalue weighted by molar-refractivity contribution is 5.80. The lowest BCUT2D eigenvalue weighted by atomic mass is 10.1. The Bertz CT molecular complexity index is 773. The van der Waals surface area contributed by atoms with E-state index in [1.165, 1.54) is 0 Å². The largest absolute Gasteiger partial charge is 0.508 e. The molecule has 2 aromatic rings. The number of aromatic hydroxyl groups is 1. The molecule has 0 saturated carbocycles. The summed E-state index contributed by atoms with van der Waals surface area (Å²) in [5.41, 5.74) is 1.07. The number of phenolic OH excluding ortho intramolecular Hbond substituents is 1. The number of methoxy groups -OCH3 is 1. The standard InChI is InChI=1S/C19H28N6O2/c1-3-20-19(21-10-9-14-5-4-6-16(26)11-14)22-15-7-8-18-23-17(13-27-2)24-25(18)12-15/h4-6,11,15,26H,3,7-10,12-13H2,1-2H3,(H2,20,21,22). The Labute approximate surface area is 159 Å². The molecule has 2 heterocycles. The summed E-state index contributed by atoms with van der Waals surface area (Å²) in [5.74, 6) is 2.86. The molecule has 1 atom stereocenters. The van der Waals surface area contributed by atoms with Crippen molar-refractivity contribution in [1.82, 2.24) is 25.4 Å². The predicted octanol–water partition coefficient (Wildman–Crippen LogP) is 1.24. The molecule has 0 aliphatic carbocycles. The number of nitrogens with one attached hydrogen (secondary N) is 2. The quantitative estimate of drug-likeness (QED) is 0.500. The second-order valence-corrected chi connectivity index (χ2v) is 6.62. The van der Waals surface area contributed by atoms with Crippen molar-refractivity contribution in [3.05, 3.63) is 41.5 Å². The van der Waals surface area contributed by atoms with Crippen LogP contribution in [0.15, 0.2) is 29.3 Å². The third-order valence-corrected chi connectivity index (χ3v) is 4.44. The highest BCUT2D eigenvalue weighted by Gasteiger charge is 2.22. The van der Waals surface area contributed by atoms with Crippen molar-refractivity contribution < 1.29 is 9.84 Å². The molecule has 8 nitrogen and oxygen atoms in total. The van der Waals surface area contributed by atoms with Crippen LogP contribution in [0, 0.1) is 0 Å². The molecule has 0 spiro atoms. The fourth-order valence-electron chi connectivity index (χ4n) is 3.19. The Hall–Kier alpha value is -2.61. The van der Waals surface area contributed by atoms with Gasteiger partial charge in [0.15, 0.2) is 11.8 Å². The molecular formula is C19H28N6O2. The monoisotopic (exact) mass is 372 g/mol. The number of fused-ring (bicyclic) bond motifs is 1. The number of ether oxygens (including phenoxy) is 1. The second-order valence-electron chi connectivity index (χ2n) is 6.62. The number of aromatic nitrogens is 3. The first-order chi connectivity index (χ1) is 13.2. The fourth-order valence-corrected chi connectivity index (χ4v) is 3.19. The zero-order valence-corrected chi connectivity index (χ0v) is 16.0. The molecule has 1 aliphatic heterocycles. The van der Waals surface area contributed by atoms with E-state index in [-0.39, 0.29) is 6.04 Å². The van der Waals surface area contributed by atoms with Crippen molar-refractivity contribution in [2.24, 2.45) is 4.99 Å². The molecule has 3 N–H and O–H groups in total. The van der Waals surface area contributed by atoms with E-state index in [9.17, 15) is 5.11 Å². The van der Waals surface area contributed by atoms with Crippen LogP contribution in [0.2, 0.25) is 0 Å². The van der Waals surface area contributed by atoms with Crippen LogP contribution in [-0.4, -0.2) is 52.1 Å². The molecule has 0 amide bonds. The van der Waals surface area contributed by atoms with Gasteiger partial charge in [0.2, 0.25) is 0 Å². The van der Waals surface area contributed by atoms with E-state index >= 15 is 0 Å². The number of aryl methyl sites for hydroxylation is 1. The summed E-state index contributed by atoms with van der Waals surface area (Å²) >= 11 is 0. The highest BCUT2D eigenvalue weighted by Crippen LogP contribution is 2.14. The molecule has 0 fully saturated rings. The Balaban J connectivity index is 1.57. The van der Waals surface area contributed by atoms with Crippen molar-refractivity contribution in [3.8, 4) is 5.75 Å². The van der Waals surface area contributed by atoms with Gasteiger partial charge in [-0.2, -0.15) is 5.10 Å². The molecule has 0 radical (unpaired) electrons. The van der Waals surface area contributed by atoms with Crippen molar-refractivity contribution in [2.45, 2.75) is 45.4 Å². The van der Waals surface area contributed by atoms with Gasteiger partial charge >= 0.3 is 0 Å². The molecule has 0 bridgehead atoms. The summed E-state index contributed by atoms with van der Waals surface area (Å²) in [6, 6.07) is 7.57. The maximum atomic E-state index is 9.56. The predicted molar refractivity (Wildman–Crippen MR) is 104 cm³/mol. The van der Waals surface area contributed by atoms with Gasteiger partial charge in [-0.1, -0.05) is 12.1 Å². The fraction of sp³-hybridized carbons (Fsp3) is 0.526. The lowest BCUT2D eigenvalue weighted by molar-refractivity contribution is 0.177. The molecule has 3 rings (SSSR count). The Morgan fingerprint density at radius 2 is 2.33 bits per heavy atom. The molecular weight excluding hydrogens is 344 g/mol. The van der Waals surface area contributed by atoms with Crippen molar-refractivity contribution in [1.29, 1.82) is 0 Å². The number of benzene rings is 1. The van der Waals surface area contributed by atoms with Crippen LogP contribution in [-0.2, 0) is 30.7 Å². The van der Waals surface area contributed by atoms with Crippen LogP contribution in [0.4, 0.5) is 0 Å².